The van der Waals surface area contributed by atoms with Crippen LogP contribution < -0.4 is 5.56 Å². The van der Waals surface area contributed by atoms with E-state index in [1.54, 1.807) is 28.9 Å². The van der Waals surface area contributed by atoms with Crippen molar-refractivity contribution in [1.29, 1.82) is 0 Å². The first-order valence-corrected chi connectivity index (χ1v) is 5.07. The molecule has 2 aromatic heterocycles. The van der Waals surface area contributed by atoms with Crippen LogP contribution in [-0.2, 0) is 0 Å². The summed E-state index contributed by atoms with van der Waals surface area (Å²) in [5.74, 6) is -0.312. The second-order valence-electron chi connectivity index (χ2n) is 3.67. The molecular formula is C12H8FN3NaO. The monoisotopic (exact) mass is 252 g/mol. The fourth-order valence-corrected chi connectivity index (χ4v) is 1.70. The fraction of sp³-hybridized carbons (Fsp3) is 0. The van der Waals surface area contributed by atoms with Crippen LogP contribution in [0.3, 0.4) is 0 Å². The van der Waals surface area contributed by atoms with Gasteiger partial charge < -0.3 is 4.98 Å². The number of halogens is 1. The SMILES string of the molecule is O=c1ccn2nc(-c3cccc(F)c3)cc2[nH]1.[Na]. The van der Waals surface area contributed by atoms with E-state index in [-0.39, 0.29) is 40.9 Å². The Balaban J connectivity index is 0.00000120. The zero-order chi connectivity index (χ0) is 11.8. The van der Waals surface area contributed by atoms with Gasteiger partial charge in [0.15, 0.2) is 0 Å². The molecule has 0 atom stereocenters. The van der Waals surface area contributed by atoms with Crippen molar-refractivity contribution in [2.24, 2.45) is 0 Å². The van der Waals surface area contributed by atoms with E-state index in [4.69, 9.17) is 0 Å². The van der Waals surface area contributed by atoms with Crippen molar-refractivity contribution in [3.63, 3.8) is 0 Å². The summed E-state index contributed by atoms with van der Waals surface area (Å²) >= 11 is 0. The molecule has 0 spiro atoms. The van der Waals surface area contributed by atoms with Gasteiger partial charge in [0.05, 0.1) is 5.69 Å². The molecule has 0 fully saturated rings. The molecule has 85 valence electrons. The summed E-state index contributed by atoms with van der Waals surface area (Å²) in [4.78, 5) is 13.8. The van der Waals surface area contributed by atoms with Crippen molar-refractivity contribution < 1.29 is 4.39 Å². The second kappa shape index (κ2) is 5.06. The Kier molecular flexibility index (Phi) is 3.65. The quantitative estimate of drug-likeness (QED) is 0.666. The zero-order valence-corrected chi connectivity index (χ0v) is 11.7. The topological polar surface area (TPSA) is 50.2 Å². The van der Waals surface area contributed by atoms with Gasteiger partial charge in [0, 0.05) is 53.5 Å². The van der Waals surface area contributed by atoms with Crippen molar-refractivity contribution in [2.45, 2.75) is 0 Å². The minimum Gasteiger partial charge on any atom is -0.307 e. The molecule has 3 aromatic rings. The van der Waals surface area contributed by atoms with Crippen molar-refractivity contribution in [3.8, 4) is 11.3 Å². The summed E-state index contributed by atoms with van der Waals surface area (Å²) in [5, 5.41) is 4.25. The Labute approximate surface area is 124 Å². The van der Waals surface area contributed by atoms with E-state index < -0.39 is 0 Å². The van der Waals surface area contributed by atoms with Crippen molar-refractivity contribution in [2.75, 3.05) is 0 Å². The number of aromatic amines is 1. The van der Waals surface area contributed by atoms with Gasteiger partial charge in [0.1, 0.15) is 11.5 Å². The van der Waals surface area contributed by atoms with Gasteiger partial charge in [-0.3, -0.25) is 4.79 Å². The standard InChI is InChI=1S/C12H8FN3O.Na/c13-9-3-1-2-8(6-9)10-7-11-14-12(17)4-5-16(11)15-10;/h1-7H,(H,14,17);. The molecule has 0 saturated heterocycles. The molecule has 2 heterocycles. The van der Waals surface area contributed by atoms with Crippen LogP contribution in [0.4, 0.5) is 4.39 Å². The first-order valence-electron chi connectivity index (χ1n) is 5.07. The van der Waals surface area contributed by atoms with Gasteiger partial charge in [0.25, 0.3) is 5.56 Å². The summed E-state index contributed by atoms with van der Waals surface area (Å²) < 4.78 is 14.6. The maximum atomic E-state index is 13.1. The van der Waals surface area contributed by atoms with Gasteiger partial charge in [0.2, 0.25) is 0 Å². The summed E-state index contributed by atoms with van der Waals surface area (Å²) in [6.45, 7) is 0. The predicted molar refractivity (Wildman–Crippen MR) is 67.0 cm³/mol. The number of nitrogens with zero attached hydrogens (tertiary/aromatic N) is 2. The van der Waals surface area contributed by atoms with E-state index in [0.29, 0.717) is 16.9 Å². The third-order valence-electron chi connectivity index (χ3n) is 2.47. The first-order chi connectivity index (χ1) is 8.22. The number of benzene rings is 1. The van der Waals surface area contributed by atoms with Crippen molar-refractivity contribution in [3.05, 3.63) is 58.8 Å². The normalized spacial score (nSPS) is 10.3. The number of nitrogens with one attached hydrogen (secondary N) is 1. The number of rotatable bonds is 1. The summed E-state index contributed by atoms with van der Waals surface area (Å²) in [6.07, 6.45) is 1.57. The van der Waals surface area contributed by atoms with Crippen LogP contribution in [0.5, 0.6) is 0 Å². The molecule has 0 amide bonds. The molecule has 1 aromatic carbocycles. The fourth-order valence-electron chi connectivity index (χ4n) is 1.70. The summed E-state index contributed by atoms with van der Waals surface area (Å²) in [7, 11) is 0. The summed E-state index contributed by atoms with van der Waals surface area (Å²) in [6, 6.07) is 9.26. The minimum absolute atomic E-state index is 0. The number of hydrogen-bond donors (Lipinski definition) is 1. The average Bonchev–Trinajstić information content (AvgIpc) is 2.72. The predicted octanol–water partition coefficient (Wildman–Crippen LogP) is 1.45. The maximum Gasteiger partial charge on any atom is 0.251 e. The van der Waals surface area contributed by atoms with Gasteiger partial charge in [-0.2, -0.15) is 5.10 Å². The maximum absolute atomic E-state index is 13.1. The molecule has 0 aliphatic carbocycles. The van der Waals surface area contributed by atoms with Crippen LogP contribution in [0.25, 0.3) is 16.9 Å². The van der Waals surface area contributed by atoms with E-state index in [2.05, 4.69) is 10.1 Å². The molecule has 0 unspecified atom stereocenters. The Hall–Kier alpha value is -1.43. The van der Waals surface area contributed by atoms with Crippen LogP contribution in [0, 0.1) is 5.82 Å². The average molecular weight is 252 g/mol. The zero-order valence-electron chi connectivity index (χ0n) is 9.72. The Bertz CT molecular complexity index is 750. The number of aromatic nitrogens is 3. The molecule has 0 saturated carbocycles. The van der Waals surface area contributed by atoms with Gasteiger partial charge in [-0.05, 0) is 12.1 Å². The van der Waals surface area contributed by atoms with Gasteiger partial charge in [-0.15, -0.1) is 0 Å². The molecule has 0 aliphatic rings. The molecule has 6 heteroatoms. The number of H-pyrrole nitrogens is 1. The van der Waals surface area contributed by atoms with Crippen molar-refractivity contribution in [1.82, 2.24) is 14.6 Å². The third kappa shape index (κ3) is 2.38. The molecule has 0 bridgehead atoms. The second-order valence-corrected chi connectivity index (χ2v) is 3.67. The van der Waals surface area contributed by atoms with Gasteiger partial charge in [-0.25, -0.2) is 8.91 Å². The van der Waals surface area contributed by atoms with E-state index in [9.17, 15) is 9.18 Å². The van der Waals surface area contributed by atoms with Crippen molar-refractivity contribution >= 4 is 35.2 Å². The van der Waals surface area contributed by atoms with E-state index in [0.717, 1.165) is 0 Å². The molecule has 18 heavy (non-hydrogen) atoms. The van der Waals surface area contributed by atoms with E-state index >= 15 is 0 Å². The van der Waals surface area contributed by atoms with E-state index in [1.807, 2.05) is 0 Å². The molecule has 0 aliphatic heterocycles. The van der Waals surface area contributed by atoms with Crippen LogP contribution in [0.2, 0.25) is 0 Å². The Morgan fingerprint density at radius 1 is 1.22 bits per heavy atom. The molecule has 4 nitrogen and oxygen atoms in total. The molecule has 3 rings (SSSR count). The third-order valence-corrected chi connectivity index (χ3v) is 2.47. The number of fused-ring (bicyclic) bond motifs is 1. The summed E-state index contributed by atoms with van der Waals surface area (Å²) in [5.41, 5.74) is 1.68. The Morgan fingerprint density at radius 2 is 2.06 bits per heavy atom. The number of hydrogen-bond acceptors (Lipinski definition) is 2. The van der Waals surface area contributed by atoms with Crippen LogP contribution >= 0.6 is 0 Å². The molecular weight excluding hydrogens is 244 g/mol. The van der Waals surface area contributed by atoms with E-state index in [1.165, 1.54) is 18.2 Å². The minimum atomic E-state index is -0.312. The smallest absolute Gasteiger partial charge is 0.251 e. The van der Waals surface area contributed by atoms with Crippen LogP contribution in [0.15, 0.2) is 47.4 Å². The van der Waals surface area contributed by atoms with Crippen LogP contribution in [-0.4, -0.2) is 44.2 Å². The van der Waals surface area contributed by atoms with Gasteiger partial charge >= 0.3 is 0 Å². The van der Waals surface area contributed by atoms with Crippen LogP contribution in [0.1, 0.15) is 0 Å². The largest absolute Gasteiger partial charge is 0.307 e. The van der Waals surface area contributed by atoms with Gasteiger partial charge in [-0.1, -0.05) is 12.1 Å². The molecule has 1 radical (unpaired) electrons. The Morgan fingerprint density at radius 3 is 2.83 bits per heavy atom. The molecule has 1 N–H and O–H groups in total. The first kappa shape index (κ1) is 13.0.